The van der Waals surface area contributed by atoms with Crippen molar-refractivity contribution >= 4 is 23.5 Å². The lowest BCUT2D eigenvalue weighted by atomic mass is 10.2. The molecule has 0 fully saturated rings. The molecule has 1 aromatic heterocycles. The van der Waals surface area contributed by atoms with Gasteiger partial charge in [-0.15, -0.1) is 0 Å². The molecule has 0 saturated carbocycles. The Labute approximate surface area is 113 Å². The molecule has 1 atom stereocenters. The molecule has 1 rings (SSSR count). The van der Waals surface area contributed by atoms with Crippen molar-refractivity contribution in [3.8, 4) is 0 Å². The minimum atomic E-state index is -0.0372. The van der Waals surface area contributed by atoms with Crippen LogP contribution in [0, 0.1) is 0 Å². The average molecular weight is 267 g/mol. The Kier molecular flexibility index (Phi) is 6.57. The van der Waals surface area contributed by atoms with Gasteiger partial charge in [-0.25, -0.2) is 4.98 Å². The van der Waals surface area contributed by atoms with E-state index < -0.39 is 0 Å². The van der Waals surface area contributed by atoms with Crippen LogP contribution in [0.5, 0.6) is 0 Å². The molecule has 0 saturated heterocycles. The molecule has 0 aliphatic heterocycles. The summed E-state index contributed by atoms with van der Waals surface area (Å²) in [4.78, 5) is 16.0. The van der Waals surface area contributed by atoms with Gasteiger partial charge < -0.3 is 10.6 Å². The Balaban J connectivity index is 2.48. The Morgan fingerprint density at radius 1 is 1.56 bits per heavy atom. The van der Waals surface area contributed by atoms with Gasteiger partial charge in [0.2, 0.25) is 0 Å². The number of anilines is 1. The van der Waals surface area contributed by atoms with Crippen molar-refractivity contribution in [1.29, 1.82) is 0 Å². The number of hydrogen-bond donors (Lipinski definition) is 2. The average Bonchev–Trinajstić information content (AvgIpc) is 2.39. The molecule has 1 aromatic rings. The molecule has 4 nitrogen and oxygen atoms in total. The fourth-order valence-electron chi connectivity index (χ4n) is 1.46. The molecule has 2 N–H and O–H groups in total. The van der Waals surface area contributed by atoms with Crippen LogP contribution in [0.1, 0.15) is 30.6 Å². The topological polar surface area (TPSA) is 54.0 Å². The van der Waals surface area contributed by atoms with Crippen LogP contribution in [0.25, 0.3) is 0 Å². The maximum Gasteiger partial charge on any atom is 0.251 e. The number of hydrogen-bond acceptors (Lipinski definition) is 4. The number of rotatable bonds is 7. The summed E-state index contributed by atoms with van der Waals surface area (Å²) in [7, 11) is 0. The van der Waals surface area contributed by atoms with Gasteiger partial charge in [-0.2, -0.15) is 11.8 Å². The van der Waals surface area contributed by atoms with E-state index in [0.717, 1.165) is 18.8 Å². The highest BCUT2D eigenvalue weighted by atomic mass is 32.2. The number of thioether (sulfide) groups is 1. The van der Waals surface area contributed by atoms with Gasteiger partial charge in [-0.1, -0.05) is 6.92 Å². The molecule has 100 valence electrons. The third-order valence-corrected chi connectivity index (χ3v) is 3.66. The van der Waals surface area contributed by atoms with Gasteiger partial charge in [0.05, 0.1) is 0 Å². The molecule has 1 heterocycles. The van der Waals surface area contributed by atoms with E-state index in [2.05, 4.69) is 28.8 Å². The SMILES string of the molecule is CCNc1cc(C(=O)NCCC(C)SC)ccn1. The third-order valence-electron chi connectivity index (χ3n) is 2.62. The molecule has 0 aliphatic rings. The summed E-state index contributed by atoms with van der Waals surface area (Å²) < 4.78 is 0. The van der Waals surface area contributed by atoms with Crippen LogP contribution in [0.2, 0.25) is 0 Å². The van der Waals surface area contributed by atoms with E-state index in [0.29, 0.717) is 17.4 Å². The van der Waals surface area contributed by atoms with Gasteiger partial charge in [-0.3, -0.25) is 4.79 Å². The van der Waals surface area contributed by atoms with Crippen molar-refractivity contribution < 1.29 is 4.79 Å². The van der Waals surface area contributed by atoms with E-state index >= 15 is 0 Å². The molecule has 0 radical (unpaired) electrons. The molecule has 1 amide bonds. The lowest BCUT2D eigenvalue weighted by Crippen LogP contribution is -2.26. The second-order valence-corrected chi connectivity index (χ2v) is 5.33. The highest BCUT2D eigenvalue weighted by molar-refractivity contribution is 7.99. The van der Waals surface area contributed by atoms with Gasteiger partial charge in [-0.05, 0) is 31.7 Å². The van der Waals surface area contributed by atoms with Crippen LogP contribution in [-0.2, 0) is 0 Å². The first-order valence-electron chi connectivity index (χ1n) is 6.18. The van der Waals surface area contributed by atoms with Crippen LogP contribution in [0.4, 0.5) is 5.82 Å². The summed E-state index contributed by atoms with van der Waals surface area (Å²) in [5.41, 5.74) is 0.651. The lowest BCUT2D eigenvalue weighted by molar-refractivity contribution is 0.0953. The van der Waals surface area contributed by atoms with Crippen molar-refractivity contribution in [2.45, 2.75) is 25.5 Å². The number of nitrogens with one attached hydrogen (secondary N) is 2. The predicted molar refractivity (Wildman–Crippen MR) is 78.3 cm³/mol. The molecule has 0 spiro atoms. The van der Waals surface area contributed by atoms with Gasteiger partial charge in [0.15, 0.2) is 0 Å². The van der Waals surface area contributed by atoms with Crippen molar-refractivity contribution in [1.82, 2.24) is 10.3 Å². The summed E-state index contributed by atoms with van der Waals surface area (Å²) in [5, 5.41) is 6.59. The zero-order chi connectivity index (χ0) is 13.4. The number of carbonyl (C=O) groups is 1. The minimum absolute atomic E-state index is 0.0372. The maximum absolute atomic E-state index is 11.9. The molecule has 1 unspecified atom stereocenters. The van der Waals surface area contributed by atoms with E-state index in [4.69, 9.17) is 0 Å². The number of aromatic nitrogens is 1. The molecular formula is C13H21N3OS. The van der Waals surface area contributed by atoms with Crippen LogP contribution < -0.4 is 10.6 Å². The van der Waals surface area contributed by atoms with Gasteiger partial charge >= 0.3 is 0 Å². The fraction of sp³-hybridized carbons (Fsp3) is 0.538. The Morgan fingerprint density at radius 3 is 3.00 bits per heavy atom. The first kappa shape index (κ1) is 14.8. The van der Waals surface area contributed by atoms with Crippen molar-refractivity contribution in [3.63, 3.8) is 0 Å². The Hall–Kier alpha value is -1.23. The van der Waals surface area contributed by atoms with E-state index in [1.165, 1.54) is 0 Å². The zero-order valence-corrected chi connectivity index (χ0v) is 12.0. The highest BCUT2D eigenvalue weighted by Crippen LogP contribution is 2.09. The number of carbonyl (C=O) groups excluding carboxylic acids is 1. The molecule has 18 heavy (non-hydrogen) atoms. The largest absolute Gasteiger partial charge is 0.370 e. The lowest BCUT2D eigenvalue weighted by Gasteiger charge is -2.10. The van der Waals surface area contributed by atoms with Crippen LogP contribution in [0.15, 0.2) is 18.3 Å². The molecular weight excluding hydrogens is 246 g/mol. The van der Waals surface area contributed by atoms with E-state index in [1.54, 1.807) is 18.3 Å². The summed E-state index contributed by atoms with van der Waals surface area (Å²) in [6.45, 7) is 5.66. The zero-order valence-electron chi connectivity index (χ0n) is 11.2. The Morgan fingerprint density at radius 2 is 2.33 bits per heavy atom. The second kappa shape index (κ2) is 7.97. The number of nitrogens with zero attached hydrogens (tertiary/aromatic N) is 1. The highest BCUT2D eigenvalue weighted by Gasteiger charge is 2.07. The summed E-state index contributed by atoms with van der Waals surface area (Å²) in [5.74, 6) is 0.701. The van der Waals surface area contributed by atoms with Crippen LogP contribution in [0.3, 0.4) is 0 Å². The quantitative estimate of drug-likeness (QED) is 0.796. The normalized spacial score (nSPS) is 11.9. The monoisotopic (exact) mass is 267 g/mol. The fourth-order valence-corrected chi connectivity index (χ4v) is 1.81. The van der Waals surface area contributed by atoms with Crippen molar-refractivity contribution in [2.75, 3.05) is 24.7 Å². The second-order valence-electron chi connectivity index (χ2n) is 4.05. The standard InChI is InChI=1S/C13H21N3OS/c1-4-14-12-9-11(6-8-15-12)13(17)16-7-5-10(2)18-3/h6,8-10H,4-5,7H2,1-3H3,(H,14,15)(H,16,17). The van der Waals surface area contributed by atoms with Crippen molar-refractivity contribution in [3.05, 3.63) is 23.9 Å². The maximum atomic E-state index is 11.9. The first-order valence-corrected chi connectivity index (χ1v) is 7.47. The molecule has 0 bridgehead atoms. The molecule has 0 aliphatic carbocycles. The Bertz CT molecular complexity index is 384. The van der Waals surface area contributed by atoms with Gasteiger partial charge in [0.25, 0.3) is 5.91 Å². The van der Waals surface area contributed by atoms with E-state index in [1.807, 2.05) is 18.7 Å². The molecule has 5 heteroatoms. The van der Waals surface area contributed by atoms with E-state index in [9.17, 15) is 4.79 Å². The third kappa shape index (κ3) is 4.96. The van der Waals surface area contributed by atoms with Crippen molar-refractivity contribution in [2.24, 2.45) is 0 Å². The van der Waals surface area contributed by atoms with Gasteiger partial charge in [0, 0.05) is 30.1 Å². The minimum Gasteiger partial charge on any atom is -0.370 e. The smallest absolute Gasteiger partial charge is 0.251 e. The predicted octanol–water partition coefficient (Wildman–Crippen LogP) is 2.38. The molecule has 0 aromatic carbocycles. The summed E-state index contributed by atoms with van der Waals surface area (Å²) in [6, 6.07) is 3.50. The first-order chi connectivity index (χ1) is 8.67. The number of pyridine rings is 1. The van der Waals surface area contributed by atoms with E-state index in [-0.39, 0.29) is 5.91 Å². The van der Waals surface area contributed by atoms with Gasteiger partial charge in [0.1, 0.15) is 5.82 Å². The summed E-state index contributed by atoms with van der Waals surface area (Å²) in [6.07, 6.45) is 4.72. The van der Waals surface area contributed by atoms with Crippen LogP contribution >= 0.6 is 11.8 Å². The number of amides is 1. The van der Waals surface area contributed by atoms with Crippen LogP contribution in [-0.4, -0.2) is 35.5 Å². The summed E-state index contributed by atoms with van der Waals surface area (Å²) >= 11 is 1.81.